The van der Waals surface area contributed by atoms with Crippen LogP contribution in [0.2, 0.25) is 0 Å². The molecule has 0 amide bonds. The van der Waals surface area contributed by atoms with Gasteiger partial charge in [-0.2, -0.15) is 0 Å². The summed E-state index contributed by atoms with van der Waals surface area (Å²) in [5.41, 5.74) is 0.174. The molecule has 0 aliphatic carbocycles. The number of benzene rings is 2. The van der Waals surface area contributed by atoms with Gasteiger partial charge >= 0.3 is 5.69 Å². The molecule has 0 saturated carbocycles. The van der Waals surface area contributed by atoms with Crippen molar-refractivity contribution in [2.75, 3.05) is 7.11 Å². The van der Waals surface area contributed by atoms with Crippen LogP contribution in [0.4, 0.5) is 11.4 Å². The lowest BCUT2D eigenvalue weighted by Crippen LogP contribution is -2.00. The molecule has 138 valence electrons. The second kappa shape index (κ2) is 7.47. The number of methoxy groups -OCH3 is 1. The number of nitro groups is 2. The smallest absolute Gasteiger partial charge is 0.314 e. The van der Waals surface area contributed by atoms with Gasteiger partial charge in [0.15, 0.2) is 12.4 Å². The Labute approximate surface area is 151 Å². The molecule has 0 N–H and O–H groups in total. The lowest BCUT2D eigenvalue weighted by atomic mass is 10.2. The zero-order valence-electron chi connectivity index (χ0n) is 13.9. The lowest BCUT2D eigenvalue weighted by molar-refractivity contribution is -0.386. The number of nitro benzene ring substituents is 2. The minimum atomic E-state index is -0.589. The van der Waals surface area contributed by atoms with Crippen molar-refractivity contribution in [2.45, 2.75) is 6.61 Å². The first-order chi connectivity index (χ1) is 13.0. The number of nitrogens with zero attached hydrogens (tertiary/aromatic N) is 4. The van der Waals surface area contributed by atoms with Crippen molar-refractivity contribution in [1.82, 2.24) is 10.2 Å². The van der Waals surface area contributed by atoms with E-state index in [-0.39, 0.29) is 35.5 Å². The molecule has 0 spiro atoms. The highest BCUT2D eigenvalue weighted by atomic mass is 16.6. The van der Waals surface area contributed by atoms with Crippen molar-refractivity contribution in [3.8, 4) is 23.0 Å². The fourth-order valence-electron chi connectivity index (χ4n) is 2.18. The first-order valence-electron chi connectivity index (χ1n) is 7.50. The van der Waals surface area contributed by atoms with Crippen LogP contribution < -0.4 is 9.47 Å². The average Bonchev–Trinajstić information content (AvgIpc) is 3.15. The average molecular weight is 372 g/mol. The van der Waals surface area contributed by atoms with Gasteiger partial charge in [-0.25, -0.2) is 0 Å². The maximum Gasteiger partial charge on any atom is 0.314 e. The minimum absolute atomic E-state index is 0.0240. The van der Waals surface area contributed by atoms with Crippen LogP contribution in [0.3, 0.4) is 0 Å². The summed E-state index contributed by atoms with van der Waals surface area (Å²) in [6.07, 6.45) is 0. The standard InChI is InChI=1S/C16H12N4O7/c1-25-12-6-7-14(13(8-12)20(23)24)26-9-15-17-18-16(27-15)10-2-4-11(5-3-10)19(21)22/h2-8H,9H2,1H3. The zero-order valence-corrected chi connectivity index (χ0v) is 13.9. The van der Waals surface area contributed by atoms with E-state index in [1.807, 2.05) is 0 Å². The fourth-order valence-corrected chi connectivity index (χ4v) is 2.18. The van der Waals surface area contributed by atoms with Crippen molar-refractivity contribution in [2.24, 2.45) is 0 Å². The Kier molecular flexibility index (Phi) is 4.92. The van der Waals surface area contributed by atoms with E-state index in [0.29, 0.717) is 11.3 Å². The second-order valence-electron chi connectivity index (χ2n) is 5.18. The van der Waals surface area contributed by atoms with E-state index in [4.69, 9.17) is 13.9 Å². The third-order valence-corrected chi connectivity index (χ3v) is 3.51. The summed E-state index contributed by atoms with van der Waals surface area (Å²) >= 11 is 0. The Balaban J connectivity index is 1.73. The monoisotopic (exact) mass is 372 g/mol. The van der Waals surface area contributed by atoms with Gasteiger partial charge in [0.1, 0.15) is 5.75 Å². The summed E-state index contributed by atoms with van der Waals surface area (Å²) in [4.78, 5) is 20.7. The maximum absolute atomic E-state index is 11.1. The molecule has 1 aromatic heterocycles. The summed E-state index contributed by atoms with van der Waals surface area (Å²) in [5, 5.41) is 29.4. The van der Waals surface area contributed by atoms with Crippen molar-refractivity contribution in [1.29, 1.82) is 0 Å². The molecule has 0 saturated heterocycles. The largest absolute Gasteiger partial charge is 0.496 e. The third kappa shape index (κ3) is 3.98. The highest BCUT2D eigenvalue weighted by Gasteiger charge is 2.18. The number of hydrogen-bond donors (Lipinski definition) is 0. The van der Waals surface area contributed by atoms with Crippen LogP contribution in [0.25, 0.3) is 11.5 Å². The van der Waals surface area contributed by atoms with Gasteiger partial charge in [-0.05, 0) is 24.3 Å². The Morgan fingerprint density at radius 1 is 1.04 bits per heavy atom. The molecule has 2 aromatic carbocycles. The van der Waals surface area contributed by atoms with E-state index < -0.39 is 9.85 Å². The van der Waals surface area contributed by atoms with E-state index in [9.17, 15) is 20.2 Å². The van der Waals surface area contributed by atoms with E-state index in [0.717, 1.165) is 0 Å². The second-order valence-corrected chi connectivity index (χ2v) is 5.18. The fraction of sp³-hybridized carbons (Fsp3) is 0.125. The molecule has 3 rings (SSSR count). The van der Waals surface area contributed by atoms with Crippen LogP contribution in [0.1, 0.15) is 5.89 Å². The van der Waals surface area contributed by atoms with E-state index in [2.05, 4.69) is 10.2 Å². The van der Waals surface area contributed by atoms with Crippen molar-refractivity contribution < 1.29 is 23.7 Å². The van der Waals surface area contributed by atoms with Gasteiger partial charge in [0.25, 0.3) is 11.6 Å². The molecule has 11 nitrogen and oxygen atoms in total. The Morgan fingerprint density at radius 2 is 1.78 bits per heavy atom. The van der Waals surface area contributed by atoms with Gasteiger partial charge in [-0.3, -0.25) is 20.2 Å². The molecular formula is C16H12N4O7. The Bertz CT molecular complexity index is 985. The number of hydrogen-bond acceptors (Lipinski definition) is 9. The topological polar surface area (TPSA) is 144 Å². The molecule has 1 heterocycles. The Hall–Kier alpha value is -4.02. The summed E-state index contributed by atoms with van der Waals surface area (Å²) in [7, 11) is 1.40. The molecule has 27 heavy (non-hydrogen) atoms. The molecule has 0 fully saturated rings. The van der Waals surface area contributed by atoms with E-state index in [1.165, 1.54) is 49.6 Å². The van der Waals surface area contributed by atoms with Gasteiger partial charge in [0.2, 0.25) is 5.89 Å². The van der Waals surface area contributed by atoms with Gasteiger partial charge in [-0.1, -0.05) is 0 Å². The van der Waals surface area contributed by atoms with Crippen LogP contribution in [-0.4, -0.2) is 27.2 Å². The minimum Gasteiger partial charge on any atom is -0.496 e. The summed E-state index contributed by atoms with van der Waals surface area (Å²) in [5.74, 6) is 0.587. The molecule has 0 aliphatic rings. The predicted octanol–water partition coefficient (Wildman–Crippen LogP) is 3.14. The molecule has 0 aliphatic heterocycles. The van der Waals surface area contributed by atoms with Gasteiger partial charge < -0.3 is 13.9 Å². The van der Waals surface area contributed by atoms with Crippen molar-refractivity contribution >= 4 is 11.4 Å². The molecule has 0 bridgehead atoms. The van der Waals surface area contributed by atoms with Crippen molar-refractivity contribution in [3.05, 3.63) is 68.6 Å². The van der Waals surface area contributed by atoms with Crippen LogP contribution in [0, 0.1) is 20.2 Å². The number of aromatic nitrogens is 2. The van der Waals surface area contributed by atoms with Crippen LogP contribution in [-0.2, 0) is 6.61 Å². The number of rotatable bonds is 7. The zero-order chi connectivity index (χ0) is 19.4. The molecule has 3 aromatic rings. The molecule has 0 atom stereocenters. The van der Waals surface area contributed by atoms with Crippen molar-refractivity contribution in [3.63, 3.8) is 0 Å². The quantitative estimate of drug-likeness (QED) is 0.451. The van der Waals surface area contributed by atoms with Crippen LogP contribution in [0.15, 0.2) is 46.9 Å². The number of non-ortho nitro benzene ring substituents is 1. The summed E-state index contributed by atoms with van der Waals surface area (Å²) in [6.45, 7) is -0.187. The predicted molar refractivity (Wildman–Crippen MR) is 90.4 cm³/mol. The Morgan fingerprint density at radius 3 is 2.41 bits per heavy atom. The first kappa shape index (κ1) is 17.8. The van der Waals surface area contributed by atoms with Gasteiger partial charge in [-0.15, -0.1) is 10.2 Å². The highest BCUT2D eigenvalue weighted by molar-refractivity contribution is 5.55. The highest BCUT2D eigenvalue weighted by Crippen LogP contribution is 2.31. The first-order valence-corrected chi connectivity index (χ1v) is 7.50. The van der Waals surface area contributed by atoms with Crippen LogP contribution in [0.5, 0.6) is 11.5 Å². The van der Waals surface area contributed by atoms with Crippen LogP contribution >= 0.6 is 0 Å². The number of ether oxygens (including phenoxy) is 2. The lowest BCUT2D eigenvalue weighted by Gasteiger charge is -2.06. The SMILES string of the molecule is COc1ccc(OCc2nnc(-c3ccc([N+](=O)[O-])cc3)o2)c([N+](=O)[O-])c1. The maximum atomic E-state index is 11.1. The molecule has 11 heteroatoms. The normalized spacial score (nSPS) is 10.4. The van der Waals surface area contributed by atoms with Gasteiger partial charge in [0.05, 0.1) is 23.0 Å². The molecule has 0 radical (unpaired) electrons. The molecular weight excluding hydrogens is 360 g/mol. The van der Waals surface area contributed by atoms with E-state index in [1.54, 1.807) is 0 Å². The third-order valence-electron chi connectivity index (χ3n) is 3.51. The summed E-state index contributed by atoms with van der Waals surface area (Å²) in [6, 6.07) is 9.76. The van der Waals surface area contributed by atoms with E-state index >= 15 is 0 Å². The molecule has 0 unspecified atom stereocenters. The van der Waals surface area contributed by atoms with Gasteiger partial charge in [0, 0.05) is 17.7 Å². The summed E-state index contributed by atoms with van der Waals surface area (Å²) < 4.78 is 15.8.